The van der Waals surface area contributed by atoms with Crippen LogP contribution in [-0.4, -0.2) is 20.4 Å². The van der Waals surface area contributed by atoms with Crippen LogP contribution < -0.4 is 0 Å². The van der Waals surface area contributed by atoms with Gasteiger partial charge in [-0.3, -0.25) is 0 Å². The van der Waals surface area contributed by atoms with Gasteiger partial charge in [0.1, 0.15) is 10.0 Å². The van der Waals surface area contributed by atoms with Crippen LogP contribution in [0.25, 0.3) is 31.9 Å². The fourth-order valence-corrected chi connectivity index (χ4v) is 7.17. The highest BCUT2D eigenvalue weighted by Gasteiger charge is 2.33. The molecule has 0 aliphatic carbocycles. The molecular weight excluding hydrogens is 619 g/mol. The summed E-state index contributed by atoms with van der Waals surface area (Å²) in [6.45, 7) is 4.29. The van der Waals surface area contributed by atoms with E-state index in [9.17, 15) is 0 Å². The smallest absolute Gasteiger partial charge is 0.195 e. The molecule has 240 valence electrons. The van der Waals surface area contributed by atoms with E-state index in [1.807, 2.05) is 0 Å². The molecule has 4 aromatic rings. The first kappa shape index (κ1) is 34.3. The number of rotatable bonds is 18. The molecule has 0 N–H and O–H groups in total. The van der Waals surface area contributed by atoms with Crippen molar-refractivity contribution in [2.45, 2.75) is 117 Å². The van der Waals surface area contributed by atoms with Crippen molar-refractivity contribution >= 4 is 33.4 Å². The third-order valence-electron chi connectivity index (χ3n) is 7.75. The second-order valence-electron chi connectivity index (χ2n) is 11.1. The molecule has 0 saturated carbocycles. The van der Waals surface area contributed by atoms with Crippen LogP contribution in [0, 0.1) is 34.9 Å². The lowest BCUT2D eigenvalue weighted by Crippen LogP contribution is -2.05. The van der Waals surface area contributed by atoms with Crippen molar-refractivity contribution in [2.75, 3.05) is 0 Å². The Morgan fingerprint density at radius 2 is 0.750 bits per heavy atom. The normalized spacial score (nSPS) is 11.7. The second-order valence-corrected chi connectivity index (χ2v) is 13.3. The number of aryl methyl sites for hydroxylation is 2. The fraction of sp³-hybridized carbons (Fsp3) is 0.562. The van der Waals surface area contributed by atoms with Crippen LogP contribution in [0.2, 0.25) is 0 Å². The van der Waals surface area contributed by atoms with Gasteiger partial charge in [0.15, 0.2) is 44.9 Å². The van der Waals surface area contributed by atoms with Gasteiger partial charge in [0.2, 0.25) is 0 Å². The number of fused-ring (bicyclic) bond motifs is 1. The van der Waals surface area contributed by atoms with Crippen molar-refractivity contribution in [3.05, 3.63) is 44.9 Å². The van der Waals surface area contributed by atoms with Crippen LogP contribution in [0.1, 0.15) is 114 Å². The lowest BCUT2D eigenvalue weighted by atomic mass is 9.97. The number of benzene rings is 2. The largest absolute Gasteiger partial charge is 0.203 e. The predicted molar refractivity (Wildman–Crippen MR) is 165 cm³/mol. The lowest BCUT2D eigenvalue weighted by molar-refractivity contribution is 0.444. The topological polar surface area (TPSA) is 51.6 Å². The molecule has 4 nitrogen and oxygen atoms in total. The van der Waals surface area contributed by atoms with Crippen molar-refractivity contribution in [3.8, 4) is 21.1 Å². The molecule has 0 amide bonds. The van der Waals surface area contributed by atoms with Gasteiger partial charge >= 0.3 is 0 Å². The molecular formula is C32H38F6N4S2. The number of unbranched alkanes of at least 4 members (excludes halogenated alkanes) is 12. The third-order valence-corrected chi connectivity index (χ3v) is 9.75. The molecule has 0 radical (unpaired) electrons. The lowest BCUT2D eigenvalue weighted by Gasteiger charge is -2.14. The molecule has 0 bridgehead atoms. The molecule has 2 aromatic heterocycles. The summed E-state index contributed by atoms with van der Waals surface area (Å²) >= 11 is 1.77. The fourth-order valence-electron chi connectivity index (χ4n) is 5.32. The van der Waals surface area contributed by atoms with Crippen molar-refractivity contribution in [2.24, 2.45) is 0 Å². The maximum Gasteiger partial charge on any atom is 0.195 e. The Morgan fingerprint density at radius 1 is 0.409 bits per heavy atom. The SMILES string of the molecule is CCCCCCCCCc1nnc(-c2c(F)c(F)c(F)c3c(-c4nnc(CCCCCCCCC)s4)c(F)c(F)c(F)c23)s1. The minimum atomic E-state index is -1.95. The van der Waals surface area contributed by atoms with Crippen LogP contribution in [0.15, 0.2) is 0 Å². The van der Waals surface area contributed by atoms with Crippen LogP contribution in [0.3, 0.4) is 0 Å². The van der Waals surface area contributed by atoms with Crippen LogP contribution >= 0.6 is 22.7 Å². The first-order valence-electron chi connectivity index (χ1n) is 15.6. The zero-order chi connectivity index (χ0) is 31.6. The Kier molecular flexibility index (Phi) is 13.0. The average molecular weight is 657 g/mol. The zero-order valence-corrected chi connectivity index (χ0v) is 26.8. The van der Waals surface area contributed by atoms with Crippen LogP contribution in [0.5, 0.6) is 0 Å². The van der Waals surface area contributed by atoms with Gasteiger partial charge in [-0.25, -0.2) is 26.3 Å². The van der Waals surface area contributed by atoms with Gasteiger partial charge in [-0.2, -0.15) is 0 Å². The highest BCUT2D eigenvalue weighted by Crippen LogP contribution is 2.44. The van der Waals surface area contributed by atoms with Gasteiger partial charge in [-0.05, 0) is 12.8 Å². The molecule has 12 heteroatoms. The van der Waals surface area contributed by atoms with Gasteiger partial charge in [-0.1, -0.05) is 114 Å². The molecule has 0 aliphatic heterocycles. The molecule has 0 atom stereocenters. The van der Waals surface area contributed by atoms with E-state index in [0.717, 1.165) is 86.9 Å². The quantitative estimate of drug-likeness (QED) is 0.0607. The van der Waals surface area contributed by atoms with Gasteiger partial charge in [0, 0.05) is 23.6 Å². The minimum absolute atomic E-state index is 0.253. The number of hydrogen-bond acceptors (Lipinski definition) is 6. The second kappa shape index (κ2) is 16.6. The van der Waals surface area contributed by atoms with Crippen molar-refractivity contribution in [1.29, 1.82) is 0 Å². The molecule has 4 rings (SSSR count). The number of aromatic nitrogens is 4. The summed E-state index contributed by atoms with van der Waals surface area (Å²) in [6.07, 6.45) is 15.9. The molecule has 44 heavy (non-hydrogen) atoms. The molecule has 0 fully saturated rings. The maximum atomic E-state index is 15.4. The van der Waals surface area contributed by atoms with E-state index in [4.69, 9.17) is 0 Å². The summed E-state index contributed by atoms with van der Waals surface area (Å²) in [5.74, 6) is -11.1. The highest BCUT2D eigenvalue weighted by atomic mass is 32.1. The molecule has 0 aliphatic rings. The van der Waals surface area contributed by atoms with E-state index in [0.29, 0.717) is 22.9 Å². The Balaban J connectivity index is 1.63. The van der Waals surface area contributed by atoms with E-state index >= 15 is 26.3 Å². The van der Waals surface area contributed by atoms with Crippen molar-refractivity contribution in [3.63, 3.8) is 0 Å². The first-order chi connectivity index (χ1) is 21.3. The summed E-state index contributed by atoms with van der Waals surface area (Å²) in [5.41, 5.74) is -1.60. The standard InChI is InChI=1S/C32H38F6N4S2/c1-3-5-7-9-11-13-15-17-19-39-41-31(43-19)23-21-22(26(34)29(37)27(23)35)24(28(36)30(38)25(21)33)32-42-40-20(44-32)18-16-14-12-10-8-6-4-2/h3-18H2,1-2H3. The average Bonchev–Trinajstić information content (AvgIpc) is 3.68. The van der Waals surface area contributed by atoms with E-state index in [2.05, 4.69) is 34.2 Å². The number of halogens is 6. The monoisotopic (exact) mass is 656 g/mol. The minimum Gasteiger partial charge on any atom is -0.203 e. The molecule has 0 unspecified atom stereocenters. The van der Waals surface area contributed by atoms with Gasteiger partial charge in [0.05, 0.1) is 11.1 Å². The maximum absolute atomic E-state index is 15.4. The molecule has 2 heterocycles. The van der Waals surface area contributed by atoms with E-state index in [1.54, 1.807) is 0 Å². The van der Waals surface area contributed by atoms with Crippen LogP contribution in [-0.2, 0) is 12.8 Å². The Labute approximate surface area is 262 Å². The summed E-state index contributed by atoms with van der Waals surface area (Å²) in [7, 11) is 0. The van der Waals surface area contributed by atoms with Gasteiger partial charge < -0.3 is 0 Å². The highest BCUT2D eigenvalue weighted by molar-refractivity contribution is 7.15. The van der Waals surface area contributed by atoms with E-state index in [1.165, 1.54) is 25.7 Å². The Morgan fingerprint density at radius 3 is 1.11 bits per heavy atom. The zero-order valence-electron chi connectivity index (χ0n) is 25.2. The number of hydrogen-bond donors (Lipinski definition) is 0. The molecule has 2 aromatic carbocycles. The van der Waals surface area contributed by atoms with Gasteiger partial charge in [0.25, 0.3) is 0 Å². The van der Waals surface area contributed by atoms with E-state index < -0.39 is 56.8 Å². The first-order valence-corrected chi connectivity index (χ1v) is 17.2. The third kappa shape index (κ3) is 7.97. The summed E-state index contributed by atoms with van der Waals surface area (Å²) in [5, 5.41) is 14.4. The molecule has 0 spiro atoms. The van der Waals surface area contributed by atoms with E-state index in [-0.39, 0.29) is 10.0 Å². The summed E-state index contributed by atoms with van der Waals surface area (Å²) in [6, 6.07) is 0. The Bertz CT molecular complexity index is 1420. The summed E-state index contributed by atoms with van der Waals surface area (Å²) < 4.78 is 91.3. The van der Waals surface area contributed by atoms with Crippen LogP contribution in [0.4, 0.5) is 26.3 Å². The summed E-state index contributed by atoms with van der Waals surface area (Å²) in [4.78, 5) is 0. The van der Waals surface area contributed by atoms with Crippen molar-refractivity contribution in [1.82, 2.24) is 20.4 Å². The van der Waals surface area contributed by atoms with Gasteiger partial charge in [-0.15, -0.1) is 20.4 Å². The Hall–Kier alpha value is -2.60. The molecule has 0 saturated heterocycles. The van der Waals surface area contributed by atoms with Crippen molar-refractivity contribution < 1.29 is 26.3 Å². The number of nitrogens with zero attached hydrogens (tertiary/aromatic N) is 4. The predicted octanol–water partition coefficient (Wildman–Crippen LogP) is 11.3.